The number of benzene rings is 1. The van der Waals surface area contributed by atoms with Crippen LogP contribution in [0.2, 0.25) is 5.02 Å². The highest BCUT2D eigenvalue weighted by Gasteiger charge is 2.15. The second-order valence-corrected chi connectivity index (χ2v) is 4.92. The molecule has 1 aromatic carbocycles. The highest BCUT2D eigenvalue weighted by atomic mass is 35.5. The Morgan fingerprint density at radius 3 is 2.89 bits per heavy atom. The minimum absolute atomic E-state index is 0.0309. The molecule has 0 radical (unpaired) electrons. The second-order valence-electron chi connectivity index (χ2n) is 4.55. The maximum Gasteiger partial charge on any atom is 0.142 e. The molecule has 0 aliphatic rings. The topological polar surface area (TPSA) is 29.9 Å². The molecule has 1 aromatic heterocycles. The zero-order valence-electron chi connectivity index (χ0n) is 11.0. The van der Waals surface area contributed by atoms with Gasteiger partial charge in [0.1, 0.15) is 5.82 Å². The van der Waals surface area contributed by atoms with Crippen molar-refractivity contribution in [2.75, 3.05) is 7.05 Å². The van der Waals surface area contributed by atoms with Gasteiger partial charge in [0, 0.05) is 19.3 Å². The van der Waals surface area contributed by atoms with Crippen LogP contribution in [0.15, 0.2) is 30.6 Å². The van der Waals surface area contributed by atoms with Gasteiger partial charge in [0.05, 0.1) is 11.2 Å². The number of aromatic nitrogens is 2. The molecule has 0 aliphatic heterocycles. The van der Waals surface area contributed by atoms with Crippen LogP contribution in [0, 0.1) is 5.82 Å². The minimum Gasteiger partial charge on any atom is -0.313 e. The maximum absolute atomic E-state index is 13.5. The standard InChI is InChI=1S/C14H17ClFN3/c1-17-13(7-6-10-8-18-19(2)9-10)11-4-3-5-12(16)14(11)15/h3-5,8-9,13,17H,6-7H2,1-2H3. The Hall–Kier alpha value is -1.39. The van der Waals surface area contributed by atoms with E-state index in [0.29, 0.717) is 0 Å². The molecule has 2 aromatic rings. The fourth-order valence-electron chi connectivity index (χ4n) is 2.16. The lowest BCUT2D eigenvalue weighted by atomic mass is 10.00. The molecule has 0 aliphatic carbocycles. The molecule has 19 heavy (non-hydrogen) atoms. The summed E-state index contributed by atoms with van der Waals surface area (Å²) in [6.07, 6.45) is 5.54. The molecule has 0 spiro atoms. The molecule has 0 bridgehead atoms. The van der Waals surface area contributed by atoms with Crippen LogP contribution >= 0.6 is 11.6 Å². The van der Waals surface area contributed by atoms with Gasteiger partial charge in [-0.15, -0.1) is 0 Å². The van der Waals surface area contributed by atoms with Crippen molar-refractivity contribution in [1.82, 2.24) is 15.1 Å². The first-order chi connectivity index (χ1) is 9.11. The quantitative estimate of drug-likeness (QED) is 0.913. The van der Waals surface area contributed by atoms with Gasteiger partial charge >= 0.3 is 0 Å². The Labute approximate surface area is 117 Å². The number of hydrogen-bond donors (Lipinski definition) is 1. The van der Waals surface area contributed by atoms with Gasteiger partial charge in [-0.05, 0) is 37.1 Å². The molecular formula is C14H17ClFN3. The van der Waals surface area contributed by atoms with Crippen LogP contribution in [-0.4, -0.2) is 16.8 Å². The molecule has 1 N–H and O–H groups in total. The highest BCUT2D eigenvalue weighted by molar-refractivity contribution is 6.31. The first-order valence-corrected chi connectivity index (χ1v) is 6.58. The van der Waals surface area contributed by atoms with E-state index >= 15 is 0 Å². The lowest BCUT2D eigenvalue weighted by Crippen LogP contribution is -2.17. The summed E-state index contributed by atoms with van der Waals surface area (Å²) in [6.45, 7) is 0. The number of aryl methyl sites for hydroxylation is 2. The molecule has 1 unspecified atom stereocenters. The predicted molar refractivity (Wildman–Crippen MR) is 74.7 cm³/mol. The van der Waals surface area contributed by atoms with Gasteiger partial charge in [-0.2, -0.15) is 5.10 Å². The molecule has 1 atom stereocenters. The molecule has 3 nitrogen and oxygen atoms in total. The van der Waals surface area contributed by atoms with Crippen molar-refractivity contribution in [3.8, 4) is 0 Å². The summed E-state index contributed by atoms with van der Waals surface area (Å²) in [5.41, 5.74) is 1.96. The Morgan fingerprint density at radius 1 is 1.47 bits per heavy atom. The normalized spacial score (nSPS) is 12.6. The monoisotopic (exact) mass is 281 g/mol. The zero-order chi connectivity index (χ0) is 13.8. The number of halogens is 2. The first kappa shape index (κ1) is 14.0. The average Bonchev–Trinajstić information content (AvgIpc) is 2.81. The van der Waals surface area contributed by atoms with Crippen LogP contribution in [-0.2, 0) is 13.5 Å². The van der Waals surface area contributed by atoms with Crippen molar-refractivity contribution in [3.63, 3.8) is 0 Å². The first-order valence-electron chi connectivity index (χ1n) is 6.20. The minimum atomic E-state index is -0.374. The van der Waals surface area contributed by atoms with E-state index in [1.807, 2.05) is 32.6 Å². The Balaban J connectivity index is 2.09. The molecule has 5 heteroatoms. The van der Waals surface area contributed by atoms with Gasteiger partial charge in [-0.25, -0.2) is 4.39 Å². The Bertz CT molecular complexity index is 553. The average molecular weight is 282 g/mol. The summed E-state index contributed by atoms with van der Waals surface area (Å²) in [7, 11) is 3.75. The summed E-state index contributed by atoms with van der Waals surface area (Å²) in [4.78, 5) is 0. The molecule has 2 rings (SSSR count). The summed E-state index contributed by atoms with van der Waals surface area (Å²) >= 11 is 6.02. The van der Waals surface area contributed by atoms with Crippen molar-refractivity contribution in [3.05, 3.63) is 52.6 Å². The fourth-order valence-corrected chi connectivity index (χ4v) is 2.41. The summed E-state index contributed by atoms with van der Waals surface area (Å²) in [6, 6.07) is 4.95. The van der Waals surface area contributed by atoms with Gasteiger partial charge in [-0.1, -0.05) is 23.7 Å². The van der Waals surface area contributed by atoms with Crippen LogP contribution in [0.3, 0.4) is 0 Å². The van der Waals surface area contributed by atoms with E-state index in [-0.39, 0.29) is 16.9 Å². The van der Waals surface area contributed by atoms with E-state index in [9.17, 15) is 4.39 Å². The molecule has 0 saturated heterocycles. The number of nitrogens with zero attached hydrogens (tertiary/aromatic N) is 2. The second kappa shape index (κ2) is 6.17. The number of rotatable bonds is 5. The SMILES string of the molecule is CNC(CCc1cnn(C)c1)c1cccc(F)c1Cl. The van der Waals surface area contributed by atoms with E-state index in [1.54, 1.807) is 10.7 Å². The van der Waals surface area contributed by atoms with Crippen LogP contribution in [0.25, 0.3) is 0 Å². The van der Waals surface area contributed by atoms with Crippen molar-refractivity contribution in [2.45, 2.75) is 18.9 Å². The molecule has 0 fully saturated rings. The highest BCUT2D eigenvalue weighted by Crippen LogP contribution is 2.28. The lowest BCUT2D eigenvalue weighted by Gasteiger charge is -2.17. The van der Waals surface area contributed by atoms with E-state index in [0.717, 1.165) is 24.0 Å². The molecular weight excluding hydrogens is 265 g/mol. The molecule has 0 amide bonds. The molecule has 0 saturated carbocycles. The Kier molecular flexibility index (Phi) is 4.56. The third kappa shape index (κ3) is 3.33. The third-order valence-electron chi connectivity index (χ3n) is 3.19. The van der Waals surface area contributed by atoms with E-state index in [2.05, 4.69) is 10.4 Å². The van der Waals surface area contributed by atoms with Gasteiger partial charge in [0.2, 0.25) is 0 Å². The van der Waals surface area contributed by atoms with Crippen LogP contribution < -0.4 is 5.32 Å². The van der Waals surface area contributed by atoms with E-state index in [1.165, 1.54) is 6.07 Å². The van der Waals surface area contributed by atoms with Crippen LogP contribution in [0.4, 0.5) is 4.39 Å². The van der Waals surface area contributed by atoms with Crippen molar-refractivity contribution < 1.29 is 4.39 Å². The lowest BCUT2D eigenvalue weighted by molar-refractivity contribution is 0.542. The van der Waals surface area contributed by atoms with Crippen molar-refractivity contribution in [1.29, 1.82) is 0 Å². The van der Waals surface area contributed by atoms with Gasteiger partial charge in [0.15, 0.2) is 0 Å². The number of hydrogen-bond acceptors (Lipinski definition) is 2. The Morgan fingerprint density at radius 2 is 2.26 bits per heavy atom. The van der Waals surface area contributed by atoms with Crippen molar-refractivity contribution in [2.24, 2.45) is 7.05 Å². The largest absolute Gasteiger partial charge is 0.313 e. The van der Waals surface area contributed by atoms with Gasteiger partial charge < -0.3 is 5.32 Å². The molecule has 102 valence electrons. The smallest absolute Gasteiger partial charge is 0.142 e. The fraction of sp³-hybridized carbons (Fsp3) is 0.357. The zero-order valence-corrected chi connectivity index (χ0v) is 11.8. The van der Waals surface area contributed by atoms with Gasteiger partial charge in [0.25, 0.3) is 0 Å². The van der Waals surface area contributed by atoms with Crippen molar-refractivity contribution >= 4 is 11.6 Å². The summed E-state index contributed by atoms with van der Waals surface area (Å²) in [5.74, 6) is -0.374. The van der Waals surface area contributed by atoms with Crippen LogP contribution in [0.1, 0.15) is 23.6 Å². The van der Waals surface area contributed by atoms with Crippen LogP contribution in [0.5, 0.6) is 0 Å². The third-order valence-corrected chi connectivity index (χ3v) is 3.58. The van der Waals surface area contributed by atoms with E-state index < -0.39 is 0 Å². The summed E-state index contributed by atoms with van der Waals surface area (Å²) in [5, 5.41) is 7.52. The van der Waals surface area contributed by atoms with E-state index in [4.69, 9.17) is 11.6 Å². The maximum atomic E-state index is 13.5. The summed E-state index contributed by atoms with van der Waals surface area (Å²) < 4.78 is 15.2. The predicted octanol–water partition coefficient (Wildman–Crippen LogP) is 3.11. The molecule has 1 heterocycles. The number of nitrogens with one attached hydrogen (secondary N) is 1. The van der Waals surface area contributed by atoms with Gasteiger partial charge in [-0.3, -0.25) is 4.68 Å².